The van der Waals surface area contributed by atoms with Gasteiger partial charge in [0.25, 0.3) is 11.6 Å². The number of anilines is 2. The van der Waals surface area contributed by atoms with Gasteiger partial charge in [0, 0.05) is 24.7 Å². The van der Waals surface area contributed by atoms with Gasteiger partial charge in [-0.2, -0.15) is 13.2 Å². The summed E-state index contributed by atoms with van der Waals surface area (Å²) >= 11 is 0. The summed E-state index contributed by atoms with van der Waals surface area (Å²) in [5, 5.41) is 14.0. The summed E-state index contributed by atoms with van der Waals surface area (Å²) in [5.74, 6) is -1.43. The maximum atomic E-state index is 13.3. The highest BCUT2D eigenvalue weighted by molar-refractivity contribution is 6.06. The van der Waals surface area contributed by atoms with Gasteiger partial charge in [0.2, 0.25) is 0 Å². The Bertz CT molecular complexity index is 1280. The van der Waals surface area contributed by atoms with E-state index in [1.807, 2.05) is 0 Å². The highest BCUT2D eigenvalue weighted by atomic mass is 19.4. The molecule has 0 aromatic heterocycles. The Balaban J connectivity index is 1.65. The molecule has 12 heteroatoms. The van der Waals surface area contributed by atoms with Crippen molar-refractivity contribution in [3.05, 3.63) is 87.7 Å². The molecule has 1 amide bonds. The van der Waals surface area contributed by atoms with Gasteiger partial charge in [-0.3, -0.25) is 14.9 Å². The van der Waals surface area contributed by atoms with Crippen LogP contribution in [-0.4, -0.2) is 37.1 Å². The third kappa shape index (κ3) is 5.71. The van der Waals surface area contributed by atoms with Crippen molar-refractivity contribution in [2.45, 2.75) is 6.18 Å². The maximum absolute atomic E-state index is 13.3. The number of morpholine rings is 1. The number of hydrogen-bond acceptors (Lipinski definition) is 6. The smallest absolute Gasteiger partial charge is 0.416 e. The fourth-order valence-corrected chi connectivity index (χ4v) is 3.60. The topological polar surface area (TPSA) is 93.9 Å². The number of carbonyl (C=O) groups excluding carboxylic acids is 1. The van der Waals surface area contributed by atoms with Crippen LogP contribution >= 0.6 is 0 Å². The number of alkyl halides is 3. The minimum absolute atomic E-state index is 0.122. The first kappa shape index (κ1) is 24.9. The molecule has 0 saturated carbocycles. The van der Waals surface area contributed by atoms with Gasteiger partial charge in [0.05, 0.1) is 29.4 Å². The molecule has 0 bridgehead atoms. The Kier molecular flexibility index (Phi) is 7.06. The summed E-state index contributed by atoms with van der Waals surface area (Å²) in [6.45, 7) is 1.65. The van der Waals surface area contributed by atoms with E-state index in [1.165, 1.54) is 24.3 Å². The van der Waals surface area contributed by atoms with Crippen LogP contribution in [0.2, 0.25) is 0 Å². The Morgan fingerprint density at radius 2 is 1.72 bits per heavy atom. The molecule has 1 aliphatic heterocycles. The van der Waals surface area contributed by atoms with Crippen molar-refractivity contribution in [3.8, 4) is 11.5 Å². The first-order valence-corrected chi connectivity index (χ1v) is 10.7. The van der Waals surface area contributed by atoms with Gasteiger partial charge < -0.3 is 19.7 Å². The first-order valence-electron chi connectivity index (χ1n) is 10.7. The summed E-state index contributed by atoms with van der Waals surface area (Å²) in [7, 11) is 0. The molecule has 0 aliphatic carbocycles. The molecule has 4 rings (SSSR count). The SMILES string of the molecule is O=C(Nc1cc(C(F)(F)F)ccc1Oc1ccc(F)cc1)c1ccc(N2CCOCC2)c([N+](=O)[O-])c1. The van der Waals surface area contributed by atoms with Gasteiger partial charge in [-0.25, -0.2) is 4.39 Å². The quantitative estimate of drug-likeness (QED) is 0.265. The van der Waals surface area contributed by atoms with E-state index in [-0.39, 0.29) is 28.4 Å². The number of nitro groups is 1. The van der Waals surface area contributed by atoms with Crippen LogP contribution in [0.25, 0.3) is 0 Å². The molecule has 0 unspecified atom stereocenters. The zero-order valence-corrected chi connectivity index (χ0v) is 18.5. The van der Waals surface area contributed by atoms with E-state index in [0.717, 1.165) is 30.3 Å². The fourth-order valence-electron chi connectivity index (χ4n) is 3.60. The van der Waals surface area contributed by atoms with Crippen LogP contribution in [0.5, 0.6) is 11.5 Å². The monoisotopic (exact) mass is 505 g/mol. The predicted molar refractivity (Wildman–Crippen MR) is 122 cm³/mol. The Morgan fingerprint density at radius 3 is 2.36 bits per heavy atom. The molecule has 1 fully saturated rings. The summed E-state index contributed by atoms with van der Waals surface area (Å²) in [5.41, 5.74) is -1.52. The summed E-state index contributed by atoms with van der Waals surface area (Å²) < 4.78 is 63.9. The molecule has 1 saturated heterocycles. The molecular weight excluding hydrogens is 486 g/mol. The van der Waals surface area contributed by atoms with Gasteiger partial charge in [-0.15, -0.1) is 0 Å². The molecule has 0 spiro atoms. The summed E-state index contributed by atoms with van der Waals surface area (Å²) in [6.07, 6.45) is -4.70. The normalized spacial score (nSPS) is 13.8. The third-order valence-electron chi connectivity index (χ3n) is 5.38. The third-order valence-corrected chi connectivity index (χ3v) is 5.38. The van der Waals surface area contributed by atoms with E-state index >= 15 is 0 Å². The van der Waals surface area contributed by atoms with E-state index in [1.54, 1.807) is 4.90 Å². The second-order valence-electron chi connectivity index (χ2n) is 7.78. The number of halogens is 4. The summed E-state index contributed by atoms with van der Waals surface area (Å²) in [6, 6.07) is 11.1. The molecule has 0 radical (unpaired) electrons. The number of rotatable bonds is 6. The van der Waals surface area contributed by atoms with Gasteiger partial charge >= 0.3 is 6.18 Å². The van der Waals surface area contributed by atoms with Gasteiger partial charge in [0.1, 0.15) is 17.3 Å². The van der Waals surface area contributed by atoms with Crippen molar-refractivity contribution in [1.29, 1.82) is 0 Å². The van der Waals surface area contributed by atoms with Crippen molar-refractivity contribution < 1.29 is 36.8 Å². The molecule has 188 valence electrons. The number of carbonyl (C=O) groups is 1. The molecule has 8 nitrogen and oxygen atoms in total. The molecule has 3 aromatic rings. The number of amides is 1. The average molecular weight is 505 g/mol. The minimum atomic E-state index is -4.70. The van der Waals surface area contributed by atoms with Gasteiger partial charge in [-0.05, 0) is 54.6 Å². The standard InChI is InChI=1S/C24H19F4N3O5/c25-17-3-5-18(6-4-17)36-22-8-2-16(24(26,27)28)14-19(22)29-23(32)15-1-7-20(21(13-15)31(33)34)30-9-11-35-12-10-30/h1-8,13-14H,9-12H2,(H,29,32). The second kappa shape index (κ2) is 10.2. The number of nitrogens with zero attached hydrogens (tertiary/aromatic N) is 2. The Hall–Kier alpha value is -4.19. The van der Waals surface area contributed by atoms with Crippen LogP contribution < -0.4 is 15.0 Å². The molecule has 36 heavy (non-hydrogen) atoms. The van der Waals surface area contributed by atoms with E-state index < -0.39 is 28.4 Å². The Labute approximate surface area is 202 Å². The van der Waals surface area contributed by atoms with E-state index in [9.17, 15) is 32.5 Å². The lowest BCUT2D eigenvalue weighted by atomic mass is 10.1. The molecule has 0 atom stereocenters. The van der Waals surface area contributed by atoms with E-state index in [4.69, 9.17) is 9.47 Å². The number of ether oxygens (including phenoxy) is 2. The van der Waals surface area contributed by atoms with Crippen molar-refractivity contribution in [2.24, 2.45) is 0 Å². The van der Waals surface area contributed by atoms with Crippen LogP contribution in [-0.2, 0) is 10.9 Å². The lowest BCUT2D eigenvalue weighted by Gasteiger charge is -2.28. The van der Waals surface area contributed by atoms with Crippen LogP contribution in [0.15, 0.2) is 60.7 Å². The molecular formula is C24H19F4N3O5. The highest BCUT2D eigenvalue weighted by Crippen LogP contribution is 2.37. The van der Waals surface area contributed by atoms with Gasteiger partial charge in [-0.1, -0.05) is 0 Å². The maximum Gasteiger partial charge on any atom is 0.416 e. The summed E-state index contributed by atoms with van der Waals surface area (Å²) in [4.78, 5) is 25.7. The minimum Gasteiger partial charge on any atom is -0.455 e. The zero-order chi connectivity index (χ0) is 25.9. The average Bonchev–Trinajstić information content (AvgIpc) is 2.86. The fraction of sp³-hybridized carbons (Fsp3) is 0.208. The van der Waals surface area contributed by atoms with Crippen LogP contribution in [0, 0.1) is 15.9 Å². The molecule has 1 heterocycles. The highest BCUT2D eigenvalue weighted by Gasteiger charge is 2.32. The Morgan fingerprint density at radius 1 is 1.03 bits per heavy atom. The van der Waals surface area contributed by atoms with Crippen LogP contribution in [0.1, 0.15) is 15.9 Å². The number of hydrogen-bond donors (Lipinski definition) is 1. The van der Waals surface area contributed by atoms with E-state index in [2.05, 4.69) is 5.32 Å². The van der Waals surface area contributed by atoms with Crippen LogP contribution in [0.4, 0.5) is 34.6 Å². The second-order valence-corrected chi connectivity index (χ2v) is 7.78. The zero-order valence-electron chi connectivity index (χ0n) is 18.5. The predicted octanol–water partition coefficient (Wildman–Crippen LogP) is 5.63. The number of nitrogens with one attached hydrogen (secondary N) is 1. The van der Waals surface area contributed by atoms with Crippen molar-refractivity contribution in [3.63, 3.8) is 0 Å². The van der Waals surface area contributed by atoms with E-state index in [0.29, 0.717) is 38.1 Å². The largest absolute Gasteiger partial charge is 0.455 e. The number of nitro benzene ring substituents is 1. The van der Waals surface area contributed by atoms with Crippen molar-refractivity contribution >= 4 is 23.0 Å². The lowest BCUT2D eigenvalue weighted by molar-refractivity contribution is -0.384. The molecule has 3 aromatic carbocycles. The van der Waals surface area contributed by atoms with Crippen LogP contribution in [0.3, 0.4) is 0 Å². The van der Waals surface area contributed by atoms with Gasteiger partial charge in [0.15, 0.2) is 5.75 Å². The number of benzene rings is 3. The van der Waals surface area contributed by atoms with Crippen molar-refractivity contribution in [1.82, 2.24) is 0 Å². The first-order chi connectivity index (χ1) is 17.1. The molecule has 1 aliphatic rings. The van der Waals surface area contributed by atoms with Crippen molar-refractivity contribution in [2.75, 3.05) is 36.5 Å². The lowest BCUT2D eigenvalue weighted by Crippen LogP contribution is -2.36. The molecule has 1 N–H and O–H groups in total.